The zero-order valence-corrected chi connectivity index (χ0v) is 9.67. The number of anilines is 1. The third-order valence-electron chi connectivity index (χ3n) is 2.14. The van der Waals surface area contributed by atoms with Gasteiger partial charge in [0.15, 0.2) is 0 Å². The van der Waals surface area contributed by atoms with Crippen molar-refractivity contribution in [2.24, 2.45) is 0 Å². The first-order chi connectivity index (χ1) is 8.34. The van der Waals surface area contributed by atoms with Gasteiger partial charge >= 0.3 is 6.18 Å². The van der Waals surface area contributed by atoms with Crippen molar-refractivity contribution in [3.05, 3.63) is 29.3 Å². The molecule has 0 fully saturated rings. The summed E-state index contributed by atoms with van der Waals surface area (Å²) in [6, 6.07) is 2.74. The predicted octanol–water partition coefficient (Wildman–Crippen LogP) is 1.66. The van der Waals surface area contributed by atoms with E-state index >= 15 is 0 Å². The van der Waals surface area contributed by atoms with E-state index < -0.39 is 17.6 Å². The Morgan fingerprint density at radius 1 is 1.39 bits per heavy atom. The number of alkyl halides is 3. The molecule has 0 unspecified atom stereocenters. The van der Waals surface area contributed by atoms with Crippen LogP contribution >= 0.6 is 0 Å². The van der Waals surface area contributed by atoms with Gasteiger partial charge in [-0.2, -0.15) is 13.2 Å². The monoisotopic (exact) mass is 262 g/mol. The van der Waals surface area contributed by atoms with Crippen LogP contribution in [0.5, 0.6) is 0 Å². The minimum absolute atomic E-state index is 0.110. The number of amides is 1. The molecule has 0 radical (unpaired) electrons. The zero-order chi connectivity index (χ0) is 13.8. The summed E-state index contributed by atoms with van der Waals surface area (Å²) in [4.78, 5) is 11.6. The molecule has 0 aliphatic rings. The molecule has 0 aromatic heterocycles. The predicted molar refractivity (Wildman–Crippen MR) is 60.1 cm³/mol. The van der Waals surface area contributed by atoms with E-state index in [1.807, 2.05) is 0 Å². The van der Waals surface area contributed by atoms with E-state index in [1.165, 1.54) is 13.2 Å². The number of halogens is 3. The van der Waals surface area contributed by atoms with Gasteiger partial charge in [0, 0.05) is 24.9 Å². The molecule has 0 aliphatic carbocycles. The van der Waals surface area contributed by atoms with Crippen LogP contribution in [0.4, 0.5) is 18.9 Å². The Kier molecular flexibility index (Phi) is 4.55. The van der Waals surface area contributed by atoms with E-state index in [0.29, 0.717) is 0 Å². The molecule has 0 aliphatic heterocycles. The maximum atomic E-state index is 12.5. The SMILES string of the molecule is COCCNC(=O)c1cc(N)cc(C(F)(F)F)c1. The lowest BCUT2D eigenvalue weighted by atomic mass is 10.1. The molecule has 0 heterocycles. The standard InChI is InChI=1S/C11H13F3N2O2/c1-18-3-2-16-10(17)7-4-8(11(12,13)14)6-9(15)5-7/h4-6H,2-3,15H2,1H3,(H,16,17). The molecule has 4 nitrogen and oxygen atoms in total. The molecule has 0 saturated carbocycles. The van der Waals surface area contributed by atoms with Crippen molar-refractivity contribution >= 4 is 11.6 Å². The molecule has 1 aromatic carbocycles. The Balaban J connectivity index is 2.89. The fourth-order valence-electron chi connectivity index (χ4n) is 1.32. The van der Waals surface area contributed by atoms with Crippen molar-refractivity contribution in [1.82, 2.24) is 5.32 Å². The molecule has 0 atom stereocenters. The second-order valence-electron chi connectivity index (χ2n) is 3.59. The summed E-state index contributed by atoms with van der Waals surface area (Å²) >= 11 is 0. The van der Waals surface area contributed by atoms with Crippen molar-refractivity contribution in [1.29, 1.82) is 0 Å². The van der Waals surface area contributed by atoms with Crippen LogP contribution in [0.2, 0.25) is 0 Å². The van der Waals surface area contributed by atoms with Gasteiger partial charge in [0.1, 0.15) is 0 Å². The Hall–Kier alpha value is -1.76. The van der Waals surface area contributed by atoms with Gasteiger partial charge in [0.05, 0.1) is 12.2 Å². The molecule has 1 rings (SSSR count). The van der Waals surface area contributed by atoms with E-state index in [4.69, 9.17) is 10.5 Å². The van der Waals surface area contributed by atoms with Gasteiger partial charge < -0.3 is 15.8 Å². The smallest absolute Gasteiger partial charge is 0.399 e. The van der Waals surface area contributed by atoms with E-state index in [0.717, 1.165) is 12.1 Å². The largest absolute Gasteiger partial charge is 0.416 e. The summed E-state index contributed by atoms with van der Waals surface area (Å²) in [6.07, 6.45) is -4.53. The number of carbonyl (C=O) groups excluding carboxylic acids is 1. The second kappa shape index (κ2) is 5.72. The lowest BCUT2D eigenvalue weighted by Crippen LogP contribution is -2.27. The van der Waals surface area contributed by atoms with Crippen molar-refractivity contribution < 1.29 is 22.7 Å². The molecule has 0 spiro atoms. The van der Waals surface area contributed by atoms with Crippen LogP contribution in [0.25, 0.3) is 0 Å². The average molecular weight is 262 g/mol. The fraction of sp³-hybridized carbons (Fsp3) is 0.364. The van der Waals surface area contributed by atoms with Crippen LogP contribution in [0.15, 0.2) is 18.2 Å². The van der Waals surface area contributed by atoms with Crippen molar-refractivity contribution in [2.45, 2.75) is 6.18 Å². The summed E-state index contributed by atoms with van der Waals surface area (Å²) in [6.45, 7) is 0.492. The zero-order valence-electron chi connectivity index (χ0n) is 9.67. The van der Waals surface area contributed by atoms with Crippen molar-refractivity contribution in [3.8, 4) is 0 Å². The number of nitrogen functional groups attached to an aromatic ring is 1. The van der Waals surface area contributed by atoms with E-state index in [2.05, 4.69) is 5.32 Å². The molecular formula is C11H13F3N2O2. The molecule has 7 heteroatoms. The highest BCUT2D eigenvalue weighted by molar-refractivity contribution is 5.95. The first-order valence-electron chi connectivity index (χ1n) is 5.09. The number of nitrogens with two attached hydrogens (primary N) is 1. The molecular weight excluding hydrogens is 249 g/mol. The molecule has 100 valence electrons. The Morgan fingerprint density at radius 3 is 2.61 bits per heavy atom. The number of ether oxygens (including phenoxy) is 1. The minimum atomic E-state index is -4.53. The molecule has 18 heavy (non-hydrogen) atoms. The molecule has 1 amide bonds. The molecule has 0 saturated heterocycles. The van der Waals surface area contributed by atoms with Gasteiger partial charge in [0.25, 0.3) is 5.91 Å². The highest BCUT2D eigenvalue weighted by Gasteiger charge is 2.31. The van der Waals surface area contributed by atoms with Crippen LogP contribution in [0.3, 0.4) is 0 Å². The fourth-order valence-corrected chi connectivity index (χ4v) is 1.32. The van der Waals surface area contributed by atoms with E-state index in [-0.39, 0.29) is 24.4 Å². The molecule has 3 N–H and O–H groups in total. The van der Waals surface area contributed by atoms with Gasteiger partial charge in [-0.15, -0.1) is 0 Å². The van der Waals surface area contributed by atoms with Crippen molar-refractivity contribution in [3.63, 3.8) is 0 Å². The van der Waals surface area contributed by atoms with E-state index in [9.17, 15) is 18.0 Å². The minimum Gasteiger partial charge on any atom is -0.399 e. The first-order valence-corrected chi connectivity index (χ1v) is 5.09. The summed E-state index contributed by atoms with van der Waals surface area (Å²) in [5, 5.41) is 2.42. The van der Waals surface area contributed by atoms with Crippen LogP contribution in [-0.4, -0.2) is 26.2 Å². The summed E-state index contributed by atoms with van der Waals surface area (Å²) in [5.41, 5.74) is 4.16. The lowest BCUT2D eigenvalue weighted by molar-refractivity contribution is -0.137. The Bertz CT molecular complexity index is 433. The van der Waals surface area contributed by atoms with E-state index in [1.54, 1.807) is 0 Å². The maximum absolute atomic E-state index is 12.5. The normalized spacial score (nSPS) is 11.3. The highest BCUT2D eigenvalue weighted by Crippen LogP contribution is 2.31. The Morgan fingerprint density at radius 2 is 2.06 bits per heavy atom. The van der Waals surface area contributed by atoms with Crippen molar-refractivity contribution in [2.75, 3.05) is 26.0 Å². The summed E-state index contributed by atoms with van der Waals surface area (Å²) in [5.74, 6) is -0.621. The average Bonchev–Trinajstić information content (AvgIpc) is 2.27. The Labute approximate surface area is 102 Å². The number of benzene rings is 1. The number of hydrogen-bond donors (Lipinski definition) is 2. The maximum Gasteiger partial charge on any atom is 0.416 e. The third kappa shape index (κ3) is 3.92. The first kappa shape index (κ1) is 14.3. The quantitative estimate of drug-likeness (QED) is 0.640. The van der Waals surface area contributed by atoms with Gasteiger partial charge in [0.2, 0.25) is 0 Å². The van der Waals surface area contributed by atoms with Gasteiger partial charge in [-0.05, 0) is 18.2 Å². The number of methoxy groups -OCH3 is 1. The van der Waals surface area contributed by atoms with Crippen LogP contribution in [0, 0.1) is 0 Å². The van der Waals surface area contributed by atoms with Crippen LogP contribution in [-0.2, 0) is 10.9 Å². The van der Waals surface area contributed by atoms with Crippen LogP contribution < -0.4 is 11.1 Å². The summed E-state index contributed by atoms with van der Waals surface area (Å²) < 4.78 is 42.2. The number of rotatable bonds is 4. The van der Waals surface area contributed by atoms with Gasteiger partial charge in [-0.25, -0.2) is 0 Å². The van der Waals surface area contributed by atoms with Crippen LogP contribution in [0.1, 0.15) is 15.9 Å². The topological polar surface area (TPSA) is 64.3 Å². The second-order valence-corrected chi connectivity index (χ2v) is 3.59. The third-order valence-corrected chi connectivity index (χ3v) is 2.14. The lowest BCUT2D eigenvalue weighted by Gasteiger charge is -2.10. The number of hydrogen-bond acceptors (Lipinski definition) is 3. The van der Waals surface area contributed by atoms with Gasteiger partial charge in [-0.1, -0.05) is 0 Å². The number of carbonyl (C=O) groups is 1. The highest BCUT2D eigenvalue weighted by atomic mass is 19.4. The summed E-state index contributed by atoms with van der Waals surface area (Å²) in [7, 11) is 1.45. The molecule has 0 bridgehead atoms. The van der Waals surface area contributed by atoms with Gasteiger partial charge in [-0.3, -0.25) is 4.79 Å². The molecule has 1 aromatic rings. The number of nitrogens with one attached hydrogen (secondary N) is 1.